The molecule has 1 aromatic heterocycles. The molecule has 0 aliphatic carbocycles. The molecule has 0 spiro atoms. The van der Waals surface area contributed by atoms with E-state index in [4.69, 9.17) is 0 Å². The van der Waals surface area contributed by atoms with Gasteiger partial charge in [0.05, 0.1) is 18.6 Å². The van der Waals surface area contributed by atoms with Crippen LogP contribution in [0.5, 0.6) is 0 Å². The zero-order valence-corrected chi connectivity index (χ0v) is 11.3. The normalized spacial score (nSPS) is 11.9. The van der Waals surface area contributed by atoms with Crippen LogP contribution >= 0.6 is 15.9 Å². The number of benzene rings is 1. The maximum Gasteiger partial charge on any atom is 0.350 e. The molecule has 0 saturated heterocycles. The highest BCUT2D eigenvalue weighted by Crippen LogP contribution is 2.17. The molecular weight excluding hydrogens is 320 g/mol. The van der Waals surface area contributed by atoms with Crippen molar-refractivity contribution in [3.05, 3.63) is 64.1 Å². The van der Waals surface area contributed by atoms with Crippen molar-refractivity contribution < 1.29 is 8.78 Å². The van der Waals surface area contributed by atoms with Crippen LogP contribution in [0.1, 0.15) is 0 Å². The van der Waals surface area contributed by atoms with Crippen molar-refractivity contribution in [2.24, 2.45) is 0 Å². The van der Waals surface area contributed by atoms with E-state index in [0.29, 0.717) is 10.8 Å². The fourth-order valence-corrected chi connectivity index (χ4v) is 1.85. The quantitative estimate of drug-likeness (QED) is 0.868. The number of rotatable bonds is 3. The molecule has 0 unspecified atom stereocenters. The first-order chi connectivity index (χ1) is 9.02. The molecule has 0 atom stereocenters. The minimum Gasteiger partial charge on any atom is -0.247 e. The van der Waals surface area contributed by atoms with E-state index in [-0.39, 0.29) is 17.8 Å². The average Bonchev–Trinajstić information content (AvgIpc) is 2.71. The lowest BCUT2D eigenvalue weighted by Gasteiger charge is -2.02. The summed E-state index contributed by atoms with van der Waals surface area (Å²) in [6, 6.07) is 4.30. The molecule has 1 aromatic carbocycles. The van der Waals surface area contributed by atoms with Crippen molar-refractivity contribution in [3.8, 4) is 5.69 Å². The van der Waals surface area contributed by atoms with Gasteiger partial charge >= 0.3 is 5.69 Å². The van der Waals surface area contributed by atoms with Gasteiger partial charge in [0.1, 0.15) is 12.1 Å². The van der Waals surface area contributed by atoms with Gasteiger partial charge < -0.3 is 0 Å². The van der Waals surface area contributed by atoms with Gasteiger partial charge in [-0.1, -0.05) is 15.9 Å². The molecule has 4 nitrogen and oxygen atoms in total. The van der Waals surface area contributed by atoms with E-state index in [2.05, 4.69) is 28.0 Å². The van der Waals surface area contributed by atoms with Gasteiger partial charge in [-0.25, -0.2) is 22.8 Å². The van der Waals surface area contributed by atoms with E-state index in [1.165, 1.54) is 18.5 Å². The molecule has 1 heterocycles. The Bertz CT molecular complexity index is 691. The zero-order chi connectivity index (χ0) is 14.0. The maximum atomic E-state index is 13.7. The number of allylic oxidation sites excluding steroid dienone is 1. The molecule has 0 aliphatic heterocycles. The Morgan fingerprint density at radius 1 is 1.53 bits per heavy atom. The van der Waals surface area contributed by atoms with E-state index in [1.54, 1.807) is 6.07 Å². The second-order valence-corrected chi connectivity index (χ2v) is 4.72. The molecule has 2 aromatic rings. The van der Waals surface area contributed by atoms with Crippen molar-refractivity contribution in [2.45, 2.75) is 6.54 Å². The van der Waals surface area contributed by atoms with Crippen molar-refractivity contribution >= 4 is 15.9 Å². The zero-order valence-electron chi connectivity index (χ0n) is 9.68. The minimum absolute atomic E-state index is 0.0780. The molecule has 0 saturated carbocycles. The Labute approximate surface area is 116 Å². The lowest BCUT2D eigenvalue weighted by molar-refractivity contribution is 0.607. The Hall–Kier alpha value is -1.76. The number of nitrogens with zero attached hydrogens (tertiary/aromatic N) is 3. The molecule has 0 amide bonds. The topological polar surface area (TPSA) is 39.8 Å². The van der Waals surface area contributed by atoms with Crippen LogP contribution in [0.25, 0.3) is 5.69 Å². The van der Waals surface area contributed by atoms with Crippen molar-refractivity contribution in [2.75, 3.05) is 0 Å². The Morgan fingerprint density at radius 2 is 2.26 bits per heavy atom. The van der Waals surface area contributed by atoms with E-state index in [9.17, 15) is 13.6 Å². The number of aromatic nitrogens is 3. The molecule has 0 N–H and O–H groups in total. The van der Waals surface area contributed by atoms with Gasteiger partial charge in [-0.15, -0.1) is 0 Å². The monoisotopic (exact) mass is 328 g/mol. The van der Waals surface area contributed by atoms with Crippen LogP contribution in [-0.4, -0.2) is 14.3 Å². The SMILES string of the molecule is [CH2]/C(=C\F)Cn1ncn(-c2ccc(Br)cc2F)c1=O. The summed E-state index contributed by atoms with van der Waals surface area (Å²) in [7, 11) is 0. The lowest BCUT2D eigenvalue weighted by Crippen LogP contribution is -2.24. The first kappa shape index (κ1) is 13.7. The van der Waals surface area contributed by atoms with Crippen LogP contribution in [0, 0.1) is 12.7 Å². The highest BCUT2D eigenvalue weighted by atomic mass is 79.9. The van der Waals surface area contributed by atoms with Gasteiger partial charge in [-0.2, -0.15) is 5.10 Å². The van der Waals surface area contributed by atoms with Crippen molar-refractivity contribution in [1.29, 1.82) is 0 Å². The van der Waals surface area contributed by atoms with Crippen LogP contribution in [0.2, 0.25) is 0 Å². The van der Waals surface area contributed by atoms with Crippen LogP contribution in [0.3, 0.4) is 0 Å². The van der Waals surface area contributed by atoms with Crippen LogP contribution in [0.4, 0.5) is 8.78 Å². The van der Waals surface area contributed by atoms with E-state index >= 15 is 0 Å². The summed E-state index contributed by atoms with van der Waals surface area (Å²) in [5.74, 6) is -0.563. The molecule has 0 aliphatic rings. The van der Waals surface area contributed by atoms with Crippen molar-refractivity contribution in [1.82, 2.24) is 14.3 Å². The minimum atomic E-state index is -0.566. The molecule has 7 heteroatoms. The largest absolute Gasteiger partial charge is 0.350 e. The average molecular weight is 329 g/mol. The predicted molar refractivity (Wildman–Crippen MR) is 70.0 cm³/mol. The molecule has 2 rings (SSSR count). The number of hydrogen-bond donors (Lipinski definition) is 0. The van der Waals surface area contributed by atoms with Crippen molar-refractivity contribution in [3.63, 3.8) is 0 Å². The third-order valence-electron chi connectivity index (χ3n) is 2.41. The van der Waals surface area contributed by atoms with Crippen LogP contribution in [0.15, 0.2) is 45.7 Å². The Balaban J connectivity index is 2.45. The molecule has 99 valence electrons. The van der Waals surface area contributed by atoms with Gasteiger partial charge in [0.2, 0.25) is 0 Å². The second-order valence-electron chi connectivity index (χ2n) is 3.80. The maximum absolute atomic E-state index is 13.7. The molecule has 0 bridgehead atoms. The predicted octanol–water partition coefficient (Wildman–Crippen LogP) is 2.62. The van der Waals surface area contributed by atoms with Gasteiger partial charge in [0, 0.05) is 4.47 Å². The standard InChI is InChI=1S/C12H9BrF2N3O/c1-8(5-14)6-18-12(19)17(7-16-18)11-3-2-9(13)4-10(11)15/h2-5,7H,1,6H2/b8-5+. The number of hydrogen-bond acceptors (Lipinski definition) is 2. The van der Waals surface area contributed by atoms with Gasteiger partial charge in [-0.3, -0.25) is 0 Å². The Morgan fingerprint density at radius 3 is 2.89 bits per heavy atom. The summed E-state index contributed by atoms with van der Waals surface area (Å²) in [6.45, 7) is 3.32. The van der Waals surface area contributed by atoms with E-state index < -0.39 is 11.5 Å². The molecule has 1 radical (unpaired) electrons. The summed E-state index contributed by atoms with van der Waals surface area (Å²) in [6.07, 6.45) is 1.48. The summed E-state index contributed by atoms with van der Waals surface area (Å²) in [4.78, 5) is 12.0. The van der Waals surface area contributed by atoms with E-state index in [1.807, 2.05) is 0 Å². The molecular formula is C12H9BrF2N3O. The fraction of sp³-hybridized carbons (Fsp3) is 0.0833. The smallest absolute Gasteiger partial charge is 0.247 e. The molecule has 19 heavy (non-hydrogen) atoms. The lowest BCUT2D eigenvalue weighted by atomic mass is 10.3. The molecule has 0 fully saturated rings. The summed E-state index contributed by atoms with van der Waals surface area (Å²) >= 11 is 3.13. The second kappa shape index (κ2) is 5.48. The third-order valence-corrected chi connectivity index (χ3v) is 2.90. The fourth-order valence-electron chi connectivity index (χ4n) is 1.51. The first-order valence-electron chi connectivity index (χ1n) is 5.24. The van der Waals surface area contributed by atoms with Gasteiger partial charge in [0.25, 0.3) is 0 Å². The highest BCUT2D eigenvalue weighted by Gasteiger charge is 2.11. The summed E-state index contributed by atoms with van der Waals surface area (Å²) in [5.41, 5.74) is -0.387. The first-order valence-corrected chi connectivity index (χ1v) is 6.03. The highest BCUT2D eigenvalue weighted by molar-refractivity contribution is 9.10. The van der Waals surface area contributed by atoms with Crippen LogP contribution in [-0.2, 0) is 6.54 Å². The summed E-state index contributed by atoms with van der Waals surface area (Å²) < 4.78 is 28.6. The van der Waals surface area contributed by atoms with Gasteiger partial charge in [-0.05, 0) is 30.7 Å². The summed E-state index contributed by atoms with van der Waals surface area (Å²) in [5, 5.41) is 3.78. The van der Waals surface area contributed by atoms with Crippen LogP contribution < -0.4 is 5.69 Å². The third kappa shape index (κ3) is 2.81. The Kier molecular flexibility index (Phi) is 3.94. The van der Waals surface area contributed by atoms with E-state index in [0.717, 1.165) is 9.25 Å². The number of halogens is 3. The van der Waals surface area contributed by atoms with Gasteiger partial charge in [0.15, 0.2) is 0 Å².